The van der Waals surface area contributed by atoms with E-state index in [1.165, 1.54) is 13.4 Å². The lowest BCUT2D eigenvalue weighted by Crippen LogP contribution is -2.61. The molecule has 4 aromatic heterocycles. The molecule has 3 saturated heterocycles. The Balaban J connectivity index is 0.548. The maximum atomic E-state index is 14.8. The number of methoxy groups -OCH3 is 3. The van der Waals surface area contributed by atoms with E-state index in [1.54, 1.807) is 58.7 Å². The Labute approximate surface area is 777 Å². The Morgan fingerprint density at radius 1 is 0.774 bits per heavy atom. The van der Waals surface area contributed by atoms with Crippen molar-refractivity contribution in [3.8, 4) is 22.4 Å². The number of aromatic nitrogens is 7. The smallest absolute Gasteiger partial charge is 0.329 e. The number of carbonyl (C=O) groups is 6. The maximum absolute atomic E-state index is 14.8. The number of carbonyl (C=O) groups excluding carboxylic acids is 6. The van der Waals surface area contributed by atoms with Crippen LogP contribution in [0.1, 0.15) is 143 Å². The van der Waals surface area contributed by atoms with Gasteiger partial charge in [0.15, 0.2) is 17.0 Å². The number of amides is 2. The van der Waals surface area contributed by atoms with Crippen LogP contribution in [0.2, 0.25) is 0 Å². The summed E-state index contributed by atoms with van der Waals surface area (Å²) in [6, 6.07) is 11.3. The SMILES string of the molecule is CO[C@H]1C[C@@H]2CC[C@@H](C)[C@@](O)(O2)C(=O)C(=O)N2CCCC[C@H]2C(=O)O[C@H]([C@H](N)C[C@@H]2CC[C@@H](OCc3cccc(-c4cnc(N5CCN(CC6=CN(CCOCCOCCOCCOCCC(=O)NCCCCn7nc(-c8ccc9oc(N)nc9c8)c8c(N)ncnc87)NN6)C(CO)C5)nc4)c3)[C@H](OC)C2)CC(=O)[C@H](C)/C=C(\C)[C@@H](O)[C@@H](OC)C(=O)[C@H](C)C[C@H](C)/C=C/C=CC=C1C. The number of oxazole rings is 1. The Bertz CT molecular complexity index is 4990. The lowest BCUT2D eigenvalue weighted by atomic mass is 9.80. The highest BCUT2D eigenvalue weighted by molar-refractivity contribution is 6.39. The zero-order valence-electron chi connectivity index (χ0n) is 78.2. The molecule has 12 N–H and O–H groups in total. The van der Waals surface area contributed by atoms with Crippen molar-refractivity contribution in [3.63, 3.8) is 0 Å². The molecule has 9 heterocycles. The average Bonchev–Trinajstić information content (AvgIpc) is 1.52. The van der Waals surface area contributed by atoms with Crippen molar-refractivity contribution >= 4 is 75.0 Å². The molecule has 1 saturated carbocycles. The van der Waals surface area contributed by atoms with Crippen LogP contribution in [-0.2, 0) is 89.3 Å². The number of hydrazine groups is 2. The van der Waals surface area contributed by atoms with Gasteiger partial charge in [-0.15, -0.1) is 5.53 Å². The number of Topliss-reactive ketones (excluding diaryl/α,β-unsaturated/α-hetero) is 3. The van der Waals surface area contributed by atoms with Crippen LogP contribution in [0.15, 0.2) is 125 Å². The zero-order valence-corrected chi connectivity index (χ0v) is 78.2. The summed E-state index contributed by atoms with van der Waals surface area (Å²) in [6.45, 7) is 18.1. The van der Waals surface area contributed by atoms with Crippen molar-refractivity contribution < 1.29 is 95.9 Å². The first-order chi connectivity index (χ1) is 64.2. The number of ether oxygens (including phenoxy) is 10. The molecule has 6 aromatic rings. The number of anilines is 3. The van der Waals surface area contributed by atoms with E-state index in [1.807, 2.05) is 98.2 Å². The number of piperazine rings is 1. The third-order valence-electron chi connectivity index (χ3n) is 26.1. The number of aliphatic hydroxyl groups excluding tert-OH is 2. The maximum Gasteiger partial charge on any atom is 0.329 e. The summed E-state index contributed by atoms with van der Waals surface area (Å²) in [5, 5.41) is 44.9. The van der Waals surface area contributed by atoms with Crippen LogP contribution in [0.3, 0.4) is 0 Å². The minimum Gasteiger partial charge on any atom is -0.459 e. The van der Waals surface area contributed by atoms with Gasteiger partial charge >= 0.3 is 5.97 Å². The van der Waals surface area contributed by atoms with Crippen LogP contribution in [0.4, 0.5) is 17.8 Å². The van der Waals surface area contributed by atoms with Crippen molar-refractivity contribution in [2.75, 3.05) is 143 Å². The highest BCUT2D eigenvalue weighted by atomic mass is 16.6. The molecule has 1 unspecified atom stereocenters. The molecular formula is C96H137N17O20. The number of nitrogens with two attached hydrogens (primary N) is 3. The van der Waals surface area contributed by atoms with E-state index in [0.717, 1.165) is 51.3 Å². The molecule has 16 atom stereocenters. The van der Waals surface area contributed by atoms with Gasteiger partial charge in [-0.1, -0.05) is 82.4 Å². The number of esters is 1. The summed E-state index contributed by atoms with van der Waals surface area (Å²) < 4.78 is 67.0. The fourth-order valence-electron chi connectivity index (χ4n) is 18.3. The average molecular weight is 1850 g/mol. The van der Waals surface area contributed by atoms with Crippen molar-refractivity contribution in [2.24, 2.45) is 35.3 Å². The van der Waals surface area contributed by atoms with E-state index in [4.69, 9.17) is 84.1 Å². The largest absolute Gasteiger partial charge is 0.459 e. The highest BCUT2D eigenvalue weighted by Crippen LogP contribution is 2.40. The van der Waals surface area contributed by atoms with Gasteiger partial charge in [0.05, 0.1) is 114 Å². The van der Waals surface area contributed by atoms with Crippen LogP contribution in [0, 0.1) is 29.6 Å². The summed E-state index contributed by atoms with van der Waals surface area (Å²) in [4.78, 5) is 113. The Kier molecular flexibility index (Phi) is 38.4. The number of ketones is 3. The number of fused-ring (bicyclic) bond motifs is 5. The molecule has 2 amide bonds. The standard InChI is InChI=1S/C96H137N17O20/c1-60-18-11-10-12-19-61(2)80(123-7)50-73-26-23-65(6)96(122,133-73)89(119)92(120)112-31-15-13-22-76(112)93(121)131-81(51-77(115)62(3)45-64(5)87(118)88(125-9)86(117)63(4)44-60)74(97)47-66-24-27-79(82(48-66)124-8)130-58-67-20-17-21-68(46-67)70-52-101-95(102-53-70)110-34-33-109(72(56-110)57-114)54-71-55-111(108-106-71)35-37-127-39-41-129-43-42-128-40-38-126-36-29-83(116)100-30-14-16-32-113-91-84(90(98)103-59-104-91)85(107-113)69-25-28-78-75(49-69)105-94(99)132-78/h10-12,17-21,25,28,45-46,49,52-53,55,59-60,62-63,65-66,72-74,76,79-82,87-88,106,108,114,118,122H,13-16,22-24,26-27,29-44,47-48,50-51,54,56-58,97H2,1-9H3,(H2,99,105)(H,100,116)(H2,98,103,104)/b12-10?,18-11+,61-19?,64-45+/t60-,62-,63-,65-,66+,72?,73+,74-,76+,79-,80+,81+,82-,87-,88+,96-/m1/s1. The van der Waals surface area contributed by atoms with Crippen LogP contribution in [-0.4, -0.2) is 293 Å². The lowest BCUT2D eigenvalue weighted by molar-refractivity contribution is -0.265. The van der Waals surface area contributed by atoms with Crippen LogP contribution in [0.5, 0.6) is 0 Å². The summed E-state index contributed by atoms with van der Waals surface area (Å²) in [6.07, 6.45) is 18.8. The minimum absolute atomic E-state index is 0.0238. The number of aryl methyl sites for hydroxylation is 1. The fourth-order valence-corrected chi connectivity index (χ4v) is 18.3. The number of cyclic esters (lactones) is 1. The van der Waals surface area contributed by atoms with Gasteiger partial charge in [0.2, 0.25) is 17.6 Å². The number of allylic oxidation sites excluding steroid dienone is 6. The van der Waals surface area contributed by atoms with Crippen molar-refractivity contribution in [1.29, 1.82) is 0 Å². The Morgan fingerprint density at radius 3 is 2.29 bits per heavy atom. The molecular weight excluding hydrogens is 1710 g/mol. The third kappa shape index (κ3) is 27.9. The molecule has 5 aliphatic heterocycles. The Hall–Kier alpha value is -9.94. The van der Waals surface area contributed by atoms with Crippen molar-refractivity contribution in [2.45, 2.75) is 218 Å². The second-order valence-corrected chi connectivity index (χ2v) is 35.9. The van der Waals surface area contributed by atoms with Gasteiger partial charge in [-0.2, -0.15) is 10.1 Å². The first-order valence-corrected chi connectivity index (χ1v) is 46.8. The molecule has 12 rings (SSSR count). The quantitative estimate of drug-likeness (QED) is 0.00811. The third-order valence-corrected chi connectivity index (χ3v) is 26.1. The fraction of sp³-hybridized carbons (Fsp3) is 0.604. The van der Waals surface area contributed by atoms with Crippen molar-refractivity contribution in [3.05, 3.63) is 126 Å². The second kappa shape index (κ2) is 50.0. The monoisotopic (exact) mass is 1850 g/mol. The number of nitrogens with one attached hydrogen (secondary N) is 3. The molecule has 4 fully saturated rings. The molecule has 133 heavy (non-hydrogen) atoms. The van der Waals surface area contributed by atoms with Gasteiger partial charge in [0.1, 0.15) is 53.5 Å². The van der Waals surface area contributed by atoms with E-state index < -0.39 is 83.8 Å². The molecule has 37 nitrogen and oxygen atoms in total. The summed E-state index contributed by atoms with van der Waals surface area (Å²) >= 11 is 0. The molecule has 726 valence electrons. The van der Waals surface area contributed by atoms with Gasteiger partial charge in [-0.3, -0.25) is 33.9 Å². The van der Waals surface area contributed by atoms with Gasteiger partial charge in [0, 0.05) is 140 Å². The van der Waals surface area contributed by atoms with Crippen LogP contribution >= 0.6 is 0 Å². The normalized spacial score (nSPS) is 27.1. The van der Waals surface area contributed by atoms with Crippen LogP contribution in [0.25, 0.3) is 44.5 Å². The molecule has 2 aromatic carbocycles. The summed E-state index contributed by atoms with van der Waals surface area (Å²) in [5.41, 5.74) is 33.7. The molecule has 6 aliphatic rings. The predicted molar refractivity (Wildman–Crippen MR) is 497 cm³/mol. The number of hydrogen-bond donors (Lipinski definition) is 9. The number of aliphatic hydroxyl groups is 3. The van der Waals surface area contributed by atoms with E-state index in [-0.39, 0.29) is 106 Å². The molecule has 37 heteroatoms. The number of nitrogen functional groups attached to an aromatic ring is 2. The molecule has 0 radical (unpaired) electrons. The van der Waals surface area contributed by atoms with Gasteiger partial charge < -0.3 is 105 Å². The van der Waals surface area contributed by atoms with E-state index in [9.17, 15) is 44.1 Å². The van der Waals surface area contributed by atoms with Gasteiger partial charge in [-0.25, -0.2) is 29.4 Å². The van der Waals surface area contributed by atoms with E-state index >= 15 is 0 Å². The first kappa shape index (κ1) is 102. The molecule has 0 spiro atoms. The number of benzene rings is 2. The topological polar surface area (TPSA) is 478 Å². The second-order valence-electron chi connectivity index (χ2n) is 35.9. The zero-order chi connectivity index (χ0) is 94.7. The van der Waals surface area contributed by atoms with Crippen LogP contribution < -0.4 is 38.4 Å². The minimum atomic E-state index is -2.50. The predicted octanol–water partition coefficient (Wildman–Crippen LogP) is 7.37. The summed E-state index contributed by atoms with van der Waals surface area (Å²) in [5.74, 6) is -7.65. The molecule has 2 bridgehead atoms. The Morgan fingerprint density at radius 2 is 1.54 bits per heavy atom. The highest BCUT2D eigenvalue weighted by Gasteiger charge is 2.53. The number of hydrogen-bond acceptors (Lipinski definition) is 34. The first-order valence-electron chi connectivity index (χ1n) is 46.8. The summed E-state index contributed by atoms with van der Waals surface area (Å²) in [7, 11) is 4.58. The van der Waals surface area contributed by atoms with Gasteiger partial charge in [0.25, 0.3) is 17.7 Å². The van der Waals surface area contributed by atoms with Gasteiger partial charge in [-0.05, 0) is 149 Å². The number of piperidine rings is 1. The van der Waals surface area contributed by atoms with Crippen molar-refractivity contribution in [1.82, 2.24) is 65.8 Å². The lowest BCUT2D eigenvalue weighted by Gasteiger charge is -2.42. The number of unbranched alkanes of at least 4 members (excludes halogenated alkanes) is 1. The number of nitrogens with zero attached hydrogens (tertiary/aromatic N) is 11. The van der Waals surface area contributed by atoms with E-state index in [0.29, 0.717) is 195 Å². The van der Waals surface area contributed by atoms with E-state index in [2.05, 4.69) is 47.1 Å². The number of rotatable bonds is 35. The molecule has 1 aliphatic carbocycles.